The largest absolute Gasteiger partial charge is 0.383 e. The lowest BCUT2D eigenvalue weighted by molar-refractivity contribution is 0.139. The van der Waals surface area contributed by atoms with Crippen LogP contribution in [0.15, 0.2) is 53.0 Å². The number of aromatic nitrogens is 1. The maximum absolute atomic E-state index is 6.14. The topological polar surface area (TPSA) is 46.5 Å². The number of piperidine rings is 1. The van der Waals surface area contributed by atoms with Gasteiger partial charge in [0.2, 0.25) is 0 Å². The van der Waals surface area contributed by atoms with Gasteiger partial charge in [-0.2, -0.15) is 0 Å². The van der Waals surface area contributed by atoms with Gasteiger partial charge in [0.1, 0.15) is 5.84 Å². The van der Waals surface area contributed by atoms with Crippen molar-refractivity contribution in [3.8, 4) is 0 Å². The van der Waals surface area contributed by atoms with Crippen molar-refractivity contribution in [1.29, 1.82) is 0 Å². The second kappa shape index (κ2) is 8.10. The summed E-state index contributed by atoms with van der Waals surface area (Å²) in [7, 11) is 2.30. The van der Waals surface area contributed by atoms with E-state index in [-0.39, 0.29) is 0 Å². The number of hydrogen-bond donors (Lipinski definition) is 1. The van der Waals surface area contributed by atoms with Gasteiger partial charge in [-0.3, -0.25) is 0 Å². The molecule has 2 aliphatic heterocycles. The Morgan fingerprint density at radius 3 is 2.50 bits per heavy atom. The van der Waals surface area contributed by atoms with Crippen molar-refractivity contribution in [2.75, 3.05) is 7.05 Å². The lowest BCUT2D eigenvalue weighted by atomic mass is 9.97. The van der Waals surface area contributed by atoms with E-state index in [1.54, 1.807) is 11.3 Å². The average Bonchev–Trinajstić information content (AvgIpc) is 3.42. The first-order valence-corrected chi connectivity index (χ1v) is 11.3. The summed E-state index contributed by atoms with van der Waals surface area (Å²) in [5, 5.41) is 3.27. The van der Waals surface area contributed by atoms with E-state index in [0.29, 0.717) is 11.9 Å². The molecule has 0 radical (unpaired) electrons. The molecule has 2 unspecified atom stereocenters. The van der Waals surface area contributed by atoms with Crippen LogP contribution < -0.4 is 5.73 Å². The van der Waals surface area contributed by atoms with Crippen molar-refractivity contribution >= 4 is 33.8 Å². The Morgan fingerprint density at radius 2 is 1.82 bits per heavy atom. The zero-order valence-corrected chi connectivity index (χ0v) is 17.8. The fraction of sp³-hybridized carbons (Fsp3) is 0.435. The fourth-order valence-electron chi connectivity index (χ4n) is 4.77. The summed E-state index contributed by atoms with van der Waals surface area (Å²) in [6, 6.07) is 14.8. The molecule has 2 N–H and O–H groups in total. The summed E-state index contributed by atoms with van der Waals surface area (Å²) in [6.07, 6.45) is 7.51. The Balaban J connectivity index is 0.000000932. The SMILES string of the molecule is CC.CN1C2CCC1CC(n1ccc3cc(N=C(N)c4cccs4)ccc31)C2. The second-order valence-corrected chi connectivity index (χ2v) is 8.56. The monoisotopic (exact) mass is 394 g/mol. The number of aliphatic imine (C=N–C) groups is 1. The molecule has 28 heavy (non-hydrogen) atoms. The number of hydrogen-bond acceptors (Lipinski definition) is 3. The number of fused-ring (bicyclic) bond motifs is 3. The molecule has 0 saturated carbocycles. The molecule has 3 aromatic rings. The van der Waals surface area contributed by atoms with Crippen LogP contribution in [0.25, 0.3) is 10.9 Å². The van der Waals surface area contributed by atoms with Gasteiger partial charge in [-0.1, -0.05) is 19.9 Å². The van der Waals surface area contributed by atoms with Gasteiger partial charge in [0.15, 0.2) is 0 Å². The number of amidine groups is 1. The first-order valence-electron chi connectivity index (χ1n) is 10.4. The summed E-state index contributed by atoms with van der Waals surface area (Å²) in [6.45, 7) is 4.00. The predicted octanol–water partition coefficient (Wildman–Crippen LogP) is 5.56. The standard InChI is InChI=1S/C21H24N4S.C2H6/c1-24-16-5-6-17(24)13-18(12-16)25-9-8-14-11-15(4-7-19(14)25)23-21(22)20-3-2-10-26-20;1-2/h2-4,7-11,16-18H,5-6,12-13H2,1H3,(H2,22,23);1-2H3. The molecule has 2 aromatic heterocycles. The van der Waals surface area contributed by atoms with Gasteiger partial charge in [-0.05, 0) is 68.4 Å². The molecule has 0 spiro atoms. The van der Waals surface area contributed by atoms with Gasteiger partial charge in [0.05, 0.1) is 10.6 Å². The Bertz CT molecular complexity index is 942. The molecule has 5 heteroatoms. The molecule has 0 amide bonds. The second-order valence-electron chi connectivity index (χ2n) is 7.62. The smallest absolute Gasteiger partial charge is 0.141 e. The van der Waals surface area contributed by atoms with Gasteiger partial charge >= 0.3 is 0 Å². The van der Waals surface area contributed by atoms with Gasteiger partial charge in [0, 0.05) is 35.2 Å². The van der Waals surface area contributed by atoms with Crippen LogP contribution in [0.2, 0.25) is 0 Å². The molecule has 4 nitrogen and oxygen atoms in total. The summed E-state index contributed by atoms with van der Waals surface area (Å²) in [5.41, 5.74) is 8.37. The third kappa shape index (κ3) is 3.49. The van der Waals surface area contributed by atoms with Gasteiger partial charge in [0.25, 0.3) is 0 Å². The molecule has 2 fully saturated rings. The van der Waals surface area contributed by atoms with Crippen LogP contribution in [0.1, 0.15) is 50.4 Å². The minimum atomic E-state index is 0.589. The van der Waals surface area contributed by atoms with E-state index in [1.165, 1.54) is 36.6 Å². The van der Waals surface area contributed by atoms with Crippen LogP contribution >= 0.6 is 11.3 Å². The van der Waals surface area contributed by atoms with Crippen LogP contribution in [0.5, 0.6) is 0 Å². The first-order chi connectivity index (χ1) is 13.7. The number of benzene rings is 1. The Hall–Kier alpha value is -2.11. The minimum Gasteiger partial charge on any atom is -0.383 e. The van der Waals surface area contributed by atoms with E-state index in [4.69, 9.17) is 5.73 Å². The number of nitrogens with zero attached hydrogens (tertiary/aromatic N) is 3. The number of thiophene rings is 1. The Labute approximate surface area is 171 Å². The third-order valence-corrected chi connectivity index (χ3v) is 7.09. The van der Waals surface area contributed by atoms with E-state index in [9.17, 15) is 0 Å². The lowest BCUT2D eigenvalue weighted by Gasteiger charge is -2.37. The molecule has 0 aliphatic carbocycles. The summed E-state index contributed by atoms with van der Waals surface area (Å²) < 4.78 is 2.49. The predicted molar refractivity (Wildman–Crippen MR) is 121 cm³/mol. The average molecular weight is 395 g/mol. The highest BCUT2D eigenvalue weighted by Gasteiger charge is 2.39. The summed E-state index contributed by atoms with van der Waals surface area (Å²) in [4.78, 5) is 8.22. The first kappa shape index (κ1) is 19.2. The molecular weight excluding hydrogens is 364 g/mol. The summed E-state index contributed by atoms with van der Waals surface area (Å²) in [5.74, 6) is 0.589. The van der Waals surface area contributed by atoms with E-state index in [0.717, 1.165) is 22.6 Å². The van der Waals surface area contributed by atoms with Crippen molar-refractivity contribution in [2.24, 2.45) is 10.7 Å². The fourth-order valence-corrected chi connectivity index (χ4v) is 5.40. The highest BCUT2D eigenvalue weighted by molar-refractivity contribution is 7.12. The molecule has 1 aromatic carbocycles. The number of rotatable bonds is 3. The molecule has 4 heterocycles. The summed E-state index contributed by atoms with van der Waals surface area (Å²) >= 11 is 1.62. The molecule has 2 bridgehead atoms. The minimum absolute atomic E-state index is 0.589. The van der Waals surface area contributed by atoms with Gasteiger partial charge < -0.3 is 15.2 Å². The maximum atomic E-state index is 6.14. The quantitative estimate of drug-likeness (QED) is 0.467. The Kier molecular flexibility index (Phi) is 5.56. The van der Waals surface area contributed by atoms with Crippen LogP contribution in [0.4, 0.5) is 5.69 Å². The third-order valence-electron chi connectivity index (χ3n) is 6.19. The molecular formula is C23H30N4S. The highest BCUT2D eigenvalue weighted by Crippen LogP contribution is 2.41. The van der Waals surface area contributed by atoms with Crippen LogP contribution in [0, 0.1) is 0 Å². The van der Waals surface area contributed by atoms with Crippen molar-refractivity contribution in [3.05, 3.63) is 52.9 Å². The van der Waals surface area contributed by atoms with Crippen LogP contribution in [-0.4, -0.2) is 34.4 Å². The van der Waals surface area contributed by atoms with Crippen LogP contribution in [0.3, 0.4) is 0 Å². The maximum Gasteiger partial charge on any atom is 0.141 e. The normalized spacial score (nSPS) is 25.0. The van der Waals surface area contributed by atoms with Crippen molar-refractivity contribution in [2.45, 2.75) is 57.7 Å². The van der Waals surface area contributed by atoms with E-state index in [2.05, 4.69) is 52.0 Å². The van der Waals surface area contributed by atoms with E-state index < -0.39 is 0 Å². The van der Waals surface area contributed by atoms with Crippen molar-refractivity contribution in [1.82, 2.24) is 9.47 Å². The number of nitrogens with two attached hydrogens (primary N) is 1. The highest BCUT2D eigenvalue weighted by atomic mass is 32.1. The molecule has 5 rings (SSSR count). The van der Waals surface area contributed by atoms with E-state index >= 15 is 0 Å². The van der Waals surface area contributed by atoms with Gasteiger partial charge in [-0.15, -0.1) is 11.3 Å². The van der Waals surface area contributed by atoms with Gasteiger partial charge in [-0.25, -0.2) is 4.99 Å². The zero-order valence-electron chi connectivity index (χ0n) is 17.0. The molecule has 2 aliphatic rings. The van der Waals surface area contributed by atoms with Crippen molar-refractivity contribution in [3.63, 3.8) is 0 Å². The zero-order chi connectivity index (χ0) is 19.7. The lowest BCUT2D eigenvalue weighted by Crippen LogP contribution is -2.40. The van der Waals surface area contributed by atoms with E-state index in [1.807, 2.05) is 31.4 Å². The van der Waals surface area contributed by atoms with Crippen LogP contribution in [-0.2, 0) is 0 Å². The Morgan fingerprint density at radius 1 is 1.07 bits per heavy atom. The molecule has 2 saturated heterocycles. The van der Waals surface area contributed by atoms with Crippen molar-refractivity contribution < 1.29 is 0 Å². The molecule has 2 atom stereocenters. The molecule has 148 valence electrons.